The van der Waals surface area contributed by atoms with Crippen LogP contribution in [0, 0.1) is 0 Å². The highest BCUT2D eigenvalue weighted by Gasteiger charge is 2.17. The zero-order chi connectivity index (χ0) is 9.14. The molecule has 0 unspecified atom stereocenters. The van der Waals surface area contributed by atoms with Crippen molar-refractivity contribution >= 4 is 12.7 Å². The molecule has 1 heterocycles. The van der Waals surface area contributed by atoms with Gasteiger partial charge in [0.15, 0.2) is 18.4 Å². The summed E-state index contributed by atoms with van der Waals surface area (Å²) in [5.74, 6) is 0. The second kappa shape index (κ2) is 3.65. The van der Waals surface area contributed by atoms with Crippen LogP contribution >= 0.6 is 0 Å². The number of aromatic nitrogens is 1. The van der Waals surface area contributed by atoms with Crippen molar-refractivity contribution in [2.45, 2.75) is 19.9 Å². The number of nitrogens with zero attached hydrogens (tertiary/aromatic N) is 1. The smallest absolute Gasteiger partial charge is 0.281 e. The predicted octanol–water partition coefficient (Wildman–Crippen LogP) is 1.19. The lowest BCUT2D eigenvalue weighted by atomic mass is 9.87. The molecule has 1 aromatic rings. The van der Waals surface area contributed by atoms with Crippen LogP contribution in [0.1, 0.15) is 19.9 Å². The first-order valence-electron chi connectivity index (χ1n) is 3.90. The minimum absolute atomic E-state index is 0.0758. The Kier molecular flexibility index (Phi) is 2.79. The molecule has 0 aliphatic carbocycles. The van der Waals surface area contributed by atoms with Crippen LogP contribution in [-0.4, -0.2) is 7.27 Å². The Balaban J connectivity index is 2.86. The molecule has 12 heavy (non-hydrogen) atoms. The summed E-state index contributed by atoms with van der Waals surface area (Å²) in [6.07, 6.45) is 3.35. The van der Waals surface area contributed by atoms with Crippen molar-refractivity contribution in [3.63, 3.8) is 0 Å². The van der Waals surface area contributed by atoms with E-state index in [1.807, 2.05) is 18.4 Å². The van der Waals surface area contributed by atoms with E-state index >= 15 is 0 Å². The Labute approximate surface area is 71.2 Å². The lowest BCUT2D eigenvalue weighted by Crippen LogP contribution is -2.37. The summed E-state index contributed by atoms with van der Waals surface area (Å²) in [5, 5.41) is 0. The molecular formula is C8H11BF2N+. The first-order chi connectivity index (χ1) is 5.61. The second-order valence-corrected chi connectivity index (χ2v) is 2.97. The predicted molar refractivity (Wildman–Crippen MR) is 44.6 cm³/mol. The summed E-state index contributed by atoms with van der Waals surface area (Å²) in [7, 11) is -2.37. The zero-order valence-corrected chi connectivity index (χ0v) is 7.17. The minimum Gasteiger partial charge on any atom is -0.281 e. The van der Waals surface area contributed by atoms with E-state index in [2.05, 4.69) is 0 Å². The number of halogens is 2. The van der Waals surface area contributed by atoms with E-state index in [1.165, 1.54) is 12.1 Å². The molecule has 64 valence electrons. The molecule has 1 aromatic heterocycles. The van der Waals surface area contributed by atoms with Crippen molar-refractivity contribution in [2.75, 3.05) is 0 Å². The van der Waals surface area contributed by atoms with Gasteiger partial charge in [0.2, 0.25) is 0 Å². The summed E-state index contributed by atoms with van der Waals surface area (Å²) in [4.78, 5) is 0. The SMILES string of the molecule is CC(C)[n+]1ccc(B(F)F)cc1. The first kappa shape index (κ1) is 9.17. The molecule has 0 fully saturated rings. The van der Waals surface area contributed by atoms with Gasteiger partial charge in [-0.2, -0.15) is 0 Å². The van der Waals surface area contributed by atoms with Crippen molar-refractivity contribution in [1.82, 2.24) is 0 Å². The molecule has 0 saturated heterocycles. The van der Waals surface area contributed by atoms with Gasteiger partial charge in [0.1, 0.15) is 0 Å². The first-order valence-corrected chi connectivity index (χ1v) is 3.90. The molecule has 1 nitrogen and oxygen atoms in total. The van der Waals surface area contributed by atoms with Crippen LogP contribution in [0.4, 0.5) is 8.63 Å². The largest absolute Gasteiger partial charge is 0.572 e. The monoisotopic (exact) mass is 170 g/mol. The fraction of sp³-hybridized carbons (Fsp3) is 0.375. The van der Waals surface area contributed by atoms with Crippen LogP contribution in [-0.2, 0) is 0 Å². The Hall–Kier alpha value is -0.925. The van der Waals surface area contributed by atoms with Crippen LogP contribution in [0.3, 0.4) is 0 Å². The van der Waals surface area contributed by atoms with Crippen LogP contribution in [0.15, 0.2) is 24.5 Å². The van der Waals surface area contributed by atoms with E-state index in [-0.39, 0.29) is 5.46 Å². The van der Waals surface area contributed by atoms with Crippen LogP contribution < -0.4 is 10.0 Å². The van der Waals surface area contributed by atoms with Gasteiger partial charge in [0, 0.05) is 17.6 Å². The van der Waals surface area contributed by atoms with E-state index in [0.29, 0.717) is 6.04 Å². The lowest BCUT2D eigenvalue weighted by molar-refractivity contribution is -0.716. The van der Waals surface area contributed by atoms with Crippen molar-refractivity contribution in [1.29, 1.82) is 0 Å². The zero-order valence-electron chi connectivity index (χ0n) is 7.17. The molecular weight excluding hydrogens is 159 g/mol. The minimum atomic E-state index is -2.37. The maximum absolute atomic E-state index is 12.1. The van der Waals surface area contributed by atoms with Crippen molar-refractivity contribution < 1.29 is 13.2 Å². The Morgan fingerprint density at radius 1 is 1.25 bits per heavy atom. The van der Waals surface area contributed by atoms with Gasteiger partial charge in [-0.05, 0) is 13.8 Å². The molecule has 0 aromatic carbocycles. The highest BCUT2D eigenvalue weighted by Crippen LogP contribution is 1.91. The van der Waals surface area contributed by atoms with Gasteiger partial charge in [-0.1, -0.05) is 0 Å². The summed E-state index contributed by atoms with van der Waals surface area (Å²) in [6, 6.07) is 3.21. The van der Waals surface area contributed by atoms with Gasteiger partial charge in [0.25, 0.3) is 0 Å². The number of rotatable bonds is 2. The summed E-state index contributed by atoms with van der Waals surface area (Å²) in [5.41, 5.74) is 0.0758. The quantitative estimate of drug-likeness (QED) is 0.463. The maximum atomic E-state index is 12.1. The Bertz CT molecular complexity index is 219. The number of hydrogen-bond donors (Lipinski definition) is 0. The van der Waals surface area contributed by atoms with Crippen LogP contribution in [0.25, 0.3) is 0 Å². The van der Waals surface area contributed by atoms with Crippen molar-refractivity contribution in [2.24, 2.45) is 0 Å². The lowest BCUT2D eigenvalue weighted by Gasteiger charge is -1.99. The Morgan fingerprint density at radius 3 is 2.08 bits per heavy atom. The average molecular weight is 170 g/mol. The molecule has 0 aliphatic rings. The third-order valence-electron chi connectivity index (χ3n) is 1.73. The maximum Gasteiger partial charge on any atom is 0.572 e. The molecule has 0 bridgehead atoms. The van der Waals surface area contributed by atoms with Gasteiger partial charge in [-0.25, -0.2) is 4.57 Å². The number of hydrogen-bond acceptors (Lipinski definition) is 0. The average Bonchev–Trinajstić information content (AvgIpc) is 2.04. The fourth-order valence-electron chi connectivity index (χ4n) is 0.939. The summed E-state index contributed by atoms with van der Waals surface area (Å²) >= 11 is 0. The molecule has 1 rings (SSSR count). The van der Waals surface area contributed by atoms with Gasteiger partial charge in [-0.15, -0.1) is 0 Å². The van der Waals surface area contributed by atoms with Crippen molar-refractivity contribution in [3.05, 3.63) is 24.5 Å². The topological polar surface area (TPSA) is 3.88 Å². The highest BCUT2D eigenvalue weighted by molar-refractivity contribution is 6.59. The van der Waals surface area contributed by atoms with E-state index in [4.69, 9.17) is 0 Å². The van der Waals surface area contributed by atoms with Gasteiger partial charge < -0.3 is 0 Å². The van der Waals surface area contributed by atoms with E-state index < -0.39 is 7.27 Å². The summed E-state index contributed by atoms with van der Waals surface area (Å²) < 4.78 is 26.1. The van der Waals surface area contributed by atoms with Crippen LogP contribution in [0.2, 0.25) is 0 Å². The third-order valence-corrected chi connectivity index (χ3v) is 1.73. The van der Waals surface area contributed by atoms with Gasteiger partial charge in [0.05, 0.1) is 0 Å². The standard InChI is InChI=1S/C8H11BF2N/c1-7(2)12-5-3-8(4-6-12)9(10)11/h3-7H,1-2H3/q+1. The van der Waals surface area contributed by atoms with Crippen LogP contribution in [0.5, 0.6) is 0 Å². The molecule has 0 radical (unpaired) electrons. The number of pyridine rings is 1. The molecule has 0 atom stereocenters. The van der Waals surface area contributed by atoms with Crippen molar-refractivity contribution in [3.8, 4) is 0 Å². The Morgan fingerprint density at radius 2 is 1.75 bits per heavy atom. The second-order valence-electron chi connectivity index (χ2n) is 2.97. The molecule has 0 aliphatic heterocycles. The highest BCUT2D eigenvalue weighted by atomic mass is 19.2. The van der Waals surface area contributed by atoms with E-state index in [0.717, 1.165) is 0 Å². The normalized spacial score (nSPS) is 10.4. The third kappa shape index (κ3) is 2.03. The van der Waals surface area contributed by atoms with Gasteiger partial charge >= 0.3 is 7.27 Å². The van der Waals surface area contributed by atoms with E-state index in [1.54, 1.807) is 12.4 Å². The molecule has 0 spiro atoms. The molecule has 0 amide bonds. The fourth-order valence-corrected chi connectivity index (χ4v) is 0.939. The summed E-state index contributed by atoms with van der Waals surface area (Å²) in [6.45, 7) is 4.00. The molecule has 0 saturated carbocycles. The van der Waals surface area contributed by atoms with E-state index in [9.17, 15) is 8.63 Å². The molecule has 0 N–H and O–H groups in total. The van der Waals surface area contributed by atoms with Gasteiger partial charge in [-0.3, -0.25) is 8.63 Å². The molecule has 4 heteroatoms.